The van der Waals surface area contributed by atoms with Crippen molar-refractivity contribution in [2.75, 3.05) is 6.54 Å². The normalized spacial score (nSPS) is 12.3. The van der Waals surface area contributed by atoms with E-state index in [1.807, 2.05) is 0 Å². The Hall–Kier alpha value is -0.400. The zero-order chi connectivity index (χ0) is 22.0. The van der Waals surface area contributed by atoms with Gasteiger partial charge in [-0.15, -0.1) is 0 Å². The fourth-order valence-electron chi connectivity index (χ4n) is 4.63. The van der Waals surface area contributed by atoms with Gasteiger partial charge in [0.05, 0.1) is 6.54 Å². The van der Waals surface area contributed by atoms with E-state index in [4.69, 9.17) is 0 Å². The predicted molar refractivity (Wildman–Crippen MR) is 136 cm³/mol. The Kier molecular flexibility index (Phi) is 26.3. The maximum atomic E-state index is 10.8. The molecule has 0 fully saturated rings. The summed E-state index contributed by atoms with van der Waals surface area (Å²) >= 11 is 0. The van der Waals surface area contributed by atoms with E-state index < -0.39 is 0 Å². The first-order valence-electron chi connectivity index (χ1n) is 14.1. The summed E-state index contributed by atoms with van der Waals surface area (Å²) in [5, 5.41) is 3.23. The average Bonchev–Trinajstić information content (AvgIpc) is 2.75. The lowest BCUT2D eigenvalue weighted by Gasteiger charge is -2.13. The van der Waals surface area contributed by atoms with E-state index in [0.29, 0.717) is 12.5 Å². The molecule has 0 saturated carbocycles. The van der Waals surface area contributed by atoms with Gasteiger partial charge in [-0.1, -0.05) is 160 Å². The van der Waals surface area contributed by atoms with Gasteiger partial charge in [0, 0.05) is 0 Å². The molecule has 2 heteroatoms. The van der Waals surface area contributed by atoms with Gasteiger partial charge in [0.2, 0.25) is 0 Å². The summed E-state index contributed by atoms with van der Waals surface area (Å²) in [7, 11) is 0. The van der Waals surface area contributed by atoms with Crippen LogP contribution >= 0.6 is 0 Å². The van der Waals surface area contributed by atoms with Gasteiger partial charge in [-0.25, -0.2) is 0 Å². The van der Waals surface area contributed by atoms with Crippen LogP contribution in [0.15, 0.2) is 5.18 Å². The molecule has 0 bridgehead atoms. The first-order valence-corrected chi connectivity index (χ1v) is 14.1. The molecule has 180 valence electrons. The monoisotopic (exact) mass is 423 g/mol. The summed E-state index contributed by atoms with van der Waals surface area (Å²) in [5.74, 6) is 0.555. The second kappa shape index (κ2) is 26.6. The highest BCUT2D eigenvalue weighted by atomic mass is 16.3. The number of hydrogen-bond donors (Lipinski definition) is 0. The van der Waals surface area contributed by atoms with Crippen molar-refractivity contribution in [2.24, 2.45) is 11.1 Å². The summed E-state index contributed by atoms with van der Waals surface area (Å²) < 4.78 is 0. The highest BCUT2D eigenvalue weighted by molar-refractivity contribution is 4.63. The van der Waals surface area contributed by atoms with Crippen LogP contribution in [-0.4, -0.2) is 6.54 Å². The SMILES string of the molecule is CCCCCCCCCCCCCCC(CCCCCCCCCCCC)CN=O. The van der Waals surface area contributed by atoms with Crippen LogP contribution in [-0.2, 0) is 0 Å². The van der Waals surface area contributed by atoms with Crippen LogP contribution in [0, 0.1) is 10.8 Å². The van der Waals surface area contributed by atoms with Gasteiger partial charge in [-0.3, -0.25) is 0 Å². The van der Waals surface area contributed by atoms with Crippen molar-refractivity contribution in [3.05, 3.63) is 4.91 Å². The van der Waals surface area contributed by atoms with E-state index in [1.165, 1.54) is 154 Å². The Morgan fingerprint density at radius 2 is 0.700 bits per heavy atom. The van der Waals surface area contributed by atoms with Gasteiger partial charge in [-0.2, -0.15) is 4.91 Å². The number of nitroso groups, excluding NO2 is 1. The summed E-state index contributed by atoms with van der Waals surface area (Å²) in [6.07, 6.45) is 33.2. The topological polar surface area (TPSA) is 29.4 Å². The second-order valence-corrected chi connectivity index (χ2v) is 9.83. The van der Waals surface area contributed by atoms with Gasteiger partial charge < -0.3 is 0 Å². The Morgan fingerprint density at radius 3 is 0.967 bits per heavy atom. The molecular formula is C28H57NO. The molecule has 30 heavy (non-hydrogen) atoms. The van der Waals surface area contributed by atoms with Crippen molar-refractivity contribution >= 4 is 0 Å². The van der Waals surface area contributed by atoms with Gasteiger partial charge >= 0.3 is 0 Å². The molecule has 0 heterocycles. The summed E-state index contributed by atoms with van der Waals surface area (Å²) in [5.41, 5.74) is 0. The minimum absolute atomic E-state index is 0.551. The van der Waals surface area contributed by atoms with Crippen LogP contribution in [0.2, 0.25) is 0 Å². The van der Waals surface area contributed by atoms with Crippen LogP contribution in [0.1, 0.15) is 168 Å². The van der Waals surface area contributed by atoms with Gasteiger partial charge in [0.1, 0.15) is 0 Å². The van der Waals surface area contributed by atoms with Crippen LogP contribution in [0.25, 0.3) is 0 Å². The molecular weight excluding hydrogens is 366 g/mol. The fraction of sp³-hybridized carbons (Fsp3) is 1.00. The Labute approximate surface area is 190 Å². The van der Waals surface area contributed by atoms with Crippen molar-refractivity contribution in [3.8, 4) is 0 Å². The maximum absolute atomic E-state index is 10.8. The van der Waals surface area contributed by atoms with Gasteiger partial charge in [0.15, 0.2) is 0 Å². The smallest absolute Gasteiger partial charge is 0.0839 e. The van der Waals surface area contributed by atoms with Crippen molar-refractivity contribution in [3.63, 3.8) is 0 Å². The van der Waals surface area contributed by atoms with Gasteiger partial charge in [0.25, 0.3) is 0 Å². The molecule has 0 N–H and O–H groups in total. The standard InChI is InChI=1S/C28H57NO/c1-3-5-7-9-11-13-15-16-18-20-22-24-26-28(27-29-30)25-23-21-19-17-14-12-10-8-6-4-2/h28H,3-27H2,1-2H3. The molecule has 0 aromatic heterocycles. The molecule has 0 aliphatic rings. The number of rotatable bonds is 26. The Bertz CT molecular complexity index is 318. The quantitative estimate of drug-likeness (QED) is 0.100. The van der Waals surface area contributed by atoms with Gasteiger partial charge in [-0.05, 0) is 18.8 Å². The molecule has 1 unspecified atom stereocenters. The molecule has 1 atom stereocenters. The summed E-state index contributed by atoms with van der Waals surface area (Å²) in [6.45, 7) is 5.12. The van der Waals surface area contributed by atoms with E-state index in [1.54, 1.807) is 0 Å². The molecule has 0 aliphatic carbocycles. The Morgan fingerprint density at radius 1 is 0.433 bits per heavy atom. The Balaban J connectivity index is 3.40. The molecule has 0 amide bonds. The van der Waals surface area contributed by atoms with Crippen LogP contribution < -0.4 is 0 Å². The third-order valence-corrected chi connectivity index (χ3v) is 6.76. The molecule has 0 aromatic carbocycles. The second-order valence-electron chi connectivity index (χ2n) is 9.83. The molecule has 0 radical (unpaired) electrons. The minimum Gasteiger partial charge on any atom is -0.151 e. The number of hydrogen-bond acceptors (Lipinski definition) is 2. The van der Waals surface area contributed by atoms with Crippen LogP contribution in [0.3, 0.4) is 0 Å². The molecule has 0 spiro atoms. The lowest BCUT2D eigenvalue weighted by Crippen LogP contribution is -2.04. The lowest BCUT2D eigenvalue weighted by atomic mass is 9.94. The third kappa shape index (κ3) is 23.9. The van der Waals surface area contributed by atoms with Crippen molar-refractivity contribution in [1.82, 2.24) is 0 Å². The first kappa shape index (κ1) is 29.6. The molecule has 0 aromatic rings. The van der Waals surface area contributed by atoms with Crippen LogP contribution in [0.4, 0.5) is 0 Å². The van der Waals surface area contributed by atoms with Crippen molar-refractivity contribution < 1.29 is 0 Å². The number of nitrogens with zero attached hydrogens (tertiary/aromatic N) is 1. The molecule has 2 nitrogen and oxygen atoms in total. The zero-order valence-electron chi connectivity index (χ0n) is 21.1. The summed E-state index contributed by atoms with van der Waals surface area (Å²) in [6, 6.07) is 0. The highest BCUT2D eigenvalue weighted by Gasteiger charge is 2.08. The maximum Gasteiger partial charge on any atom is 0.0839 e. The zero-order valence-corrected chi connectivity index (χ0v) is 21.1. The number of unbranched alkanes of at least 4 members (excludes halogenated alkanes) is 20. The third-order valence-electron chi connectivity index (χ3n) is 6.76. The largest absolute Gasteiger partial charge is 0.151 e. The van der Waals surface area contributed by atoms with E-state index >= 15 is 0 Å². The first-order chi connectivity index (χ1) is 14.8. The summed E-state index contributed by atoms with van der Waals surface area (Å²) in [4.78, 5) is 10.8. The molecule has 0 saturated heterocycles. The fourth-order valence-corrected chi connectivity index (χ4v) is 4.63. The lowest BCUT2D eigenvalue weighted by molar-refractivity contribution is 0.409. The predicted octanol–water partition coefficient (Wildman–Crippen LogP) is 10.8. The molecule has 0 aliphatic heterocycles. The highest BCUT2D eigenvalue weighted by Crippen LogP contribution is 2.20. The minimum atomic E-state index is 0.551. The van der Waals surface area contributed by atoms with Crippen molar-refractivity contribution in [2.45, 2.75) is 168 Å². The van der Waals surface area contributed by atoms with E-state index in [-0.39, 0.29) is 0 Å². The van der Waals surface area contributed by atoms with E-state index in [9.17, 15) is 4.91 Å². The van der Waals surface area contributed by atoms with Crippen LogP contribution in [0.5, 0.6) is 0 Å². The van der Waals surface area contributed by atoms with E-state index in [2.05, 4.69) is 19.0 Å². The molecule has 0 rings (SSSR count). The van der Waals surface area contributed by atoms with Crippen molar-refractivity contribution in [1.29, 1.82) is 0 Å². The van der Waals surface area contributed by atoms with E-state index in [0.717, 1.165) is 0 Å². The average molecular weight is 424 g/mol.